The van der Waals surface area contributed by atoms with Gasteiger partial charge >= 0.3 is 29.8 Å². The molecule has 5 aliphatic rings. The summed E-state index contributed by atoms with van der Waals surface area (Å²) in [5.41, 5.74) is 4.17. The van der Waals surface area contributed by atoms with E-state index < -0.39 is 135 Å². The van der Waals surface area contributed by atoms with Gasteiger partial charge in [-0.3, -0.25) is 82.1 Å². The molecule has 35 heteroatoms. The lowest BCUT2D eigenvalue weighted by atomic mass is 9.81. The Morgan fingerprint density at radius 1 is 0.669 bits per heavy atom. The van der Waals surface area contributed by atoms with E-state index in [1.165, 1.54) is 55.6 Å². The number of hydrogen-bond donors (Lipinski definition) is 12. The van der Waals surface area contributed by atoms with Gasteiger partial charge in [-0.15, -0.1) is 11.8 Å². The van der Waals surface area contributed by atoms with Gasteiger partial charge in [-0.2, -0.15) is 21.4 Å². The van der Waals surface area contributed by atoms with Crippen molar-refractivity contribution < 1.29 is 104 Å². The second kappa shape index (κ2) is 43.0. The average molecular weight is 1700 g/mol. The number of carbonyl (C=O) groups is 10. The van der Waals surface area contributed by atoms with E-state index in [1.807, 2.05) is 77.2 Å². The van der Waals surface area contributed by atoms with Crippen molar-refractivity contribution in [3.8, 4) is 0 Å². The lowest BCUT2D eigenvalue weighted by Crippen LogP contribution is -2.59. The third-order valence-corrected chi connectivity index (χ3v) is 25.8. The number of unbranched alkanes of at least 4 members (excludes halogenated alkanes) is 3. The SMILES string of the molecule is CC[N+]1=C(/C=C/C=C/C=C/C=C2/N(CCCCCC(=O)N[C@@H](CCCCNC(=O)C3CCC(CN4C(=O)CC(SCCCC(=N)NC)C4=O)CC3)C(=O)Nc3ccc(C[C@H](CN(CC(=O)O)[C@H]4CCCC[C@@H]4N(CC(=O)O)CC(=O)O)N(CC(=O)O)CC(=O)O)cc3)c3ccc(S(=O)(=O)O)cc3C2(C)C)C(C)(C)c2cc(S(=O)(=O)O)ccc21. The van der Waals surface area contributed by atoms with Gasteiger partial charge in [0.15, 0.2) is 5.71 Å². The molecule has 0 bridgehead atoms. The quantitative estimate of drug-likeness (QED) is 0.00483. The molecule has 1 saturated heterocycles. The minimum Gasteiger partial charge on any atom is -0.480 e. The second-order valence-corrected chi connectivity index (χ2v) is 36.0. The number of imide groups is 1. The molecule has 0 aromatic heterocycles. The summed E-state index contributed by atoms with van der Waals surface area (Å²) < 4.78 is 71.0. The molecule has 5 atom stereocenters. The molecular weight excluding hydrogens is 1580 g/mol. The molecule has 3 aliphatic heterocycles. The number of likely N-dealkylation sites (tertiary alicyclic amines) is 1. The Morgan fingerprint density at radius 3 is 1.87 bits per heavy atom. The summed E-state index contributed by atoms with van der Waals surface area (Å²) in [6.45, 7) is 7.74. The van der Waals surface area contributed by atoms with E-state index >= 15 is 0 Å². The van der Waals surface area contributed by atoms with Gasteiger partial charge in [-0.05, 0) is 176 Å². The summed E-state index contributed by atoms with van der Waals surface area (Å²) >= 11 is 1.44. The van der Waals surface area contributed by atoms with Crippen molar-refractivity contribution in [3.63, 3.8) is 0 Å². The van der Waals surface area contributed by atoms with Crippen molar-refractivity contribution in [3.05, 3.63) is 126 Å². The first-order chi connectivity index (χ1) is 55.8. The van der Waals surface area contributed by atoms with E-state index in [9.17, 15) is 99.4 Å². The fourth-order valence-electron chi connectivity index (χ4n) is 16.8. The van der Waals surface area contributed by atoms with Crippen molar-refractivity contribution in [1.29, 1.82) is 5.41 Å². The van der Waals surface area contributed by atoms with Gasteiger partial charge in [0, 0.05) is 117 Å². The van der Waals surface area contributed by atoms with Crippen LogP contribution in [0.5, 0.6) is 0 Å². The fourth-order valence-corrected chi connectivity index (χ4v) is 18.9. The highest BCUT2D eigenvalue weighted by Gasteiger charge is 2.46. The van der Waals surface area contributed by atoms with E-state index in [1.54, 1.807) is 43.4 Å². The minimum absolute atomic E-state index is 0.0172. The van der Waals surface area contributed by atoms with Gasteiger partial charge in [-0.1, -0.05) is 75.6 Å². The molecule has 3 fully saturated rings. The number of anilines is 2. The van der Waals surface area contributed by atoms with Gasteiger partial charge in [0.2, 0.25) is 35.2 Å². The highest BCUT2D eigenvalue weighted by Crippen LogP contribution is 2.49. The molecule has 644 valence electrons. The topological polar surface area (TPSA) is 472 Å². The molecule has 1 unspecified atom stereocenters. The summed E-state index contributed by atoms with van der Waals surface area (Å²) in [6.07, 6.45) is 21.2. The molecule has 2 aliphatic carbocycles. The smallest absolute Gasteiger partial charge is 0.317 e. The van der Waals surface area contributed by atoms with Gasteiger partial charge in [-0.25, -0.2) is 0 Å². The van der Waals surface area contributed by atoms with Crippen molar-refractivity contribution in [2.45, 2.75) is 207 Å². The fraction of sp³-hybridized carbons (Fsp3) is 0.542. The van der Waals surface area contributed by atoms with Crippen LogP contribution in [0.2, 0.25) is 0 Å². The van der Waals surface area contributed by atoms with E-state index in [0.29, 0.717) is 139 Å². The minimum atomic E-state index is -4.57. The van der Waals surface area contributed by atoms with Crippen LogP contribution in [0, 0.1) is 17.2 Å². The number of nitrogens with one attached hydrogen (secondary N) is 5. The van der Waals surface area contributed by atoms with Crippen LogP contribution in [0.1, 0.15) is 167 Å². The van der Waals surface area contributed by atoms with Gasteiger partial charge in [0.05, 0.1) is 59.0 Å². The zero-order chi connectivity index (χ0) is 86.4. The molecular formula is C83H114N11O21S3+. The third kappa shape index (κ3) is 26.3. The van der Waals surface area contributed by atoms with Crippen molar-refractivity contribution >= 4 is 120 Å². The Morgan fingerprint density at radius 2 is 1.26 bits per heavy atom. The monoisotopic (exact) mass is 1700 g/mol. The second-order valence-electron chi connectivity index (χ2n) is 31.9. The molecule has 118 heavy (non-hydrogen) atoms. The summed E-state index contributed by atoms with van der Waals surface area (Å²) in [6, 6.07) is 11.8. The zero-order valence-electron chi connectivity index (χ0n) is 67.8. The van der Waals surface area contributed by atoms with Gasteiger partial charge in [0.1, 0.15) is 12.6 Å². The van der Waals surface area contributed by atoms with E-state index in [0.717, 1.165) is 28.3 Å². The van der Waals surface area contributed by atoms with Gasteiger partial charge in [0.25, 0.3) is 20.2 Å². The van der Waals surface area contributed by atoms with Crippen LogP contribution < -0.4 is 26.2 Å². The van der Waals surface area contributed by atoms with Crippen molar-refractivity contribution in [1.82, 2.24) is 35.6 Å². The lowest BCUT2D eigenvalue weighted by Gasteiger charge is -2.45. The molecule has 0 spiro atoms. The van der Waals surface area contributed by atoms with E-state index in [-0.39, 0.29) is 83.8 Å². The van der Waals surface area contributed by atoms with Crippen molar-refractivity contribution in [2.24, 2.45) is 11.8 Å². The highest BCUT2D eigenvalue weighted by molar-refractivity contribution is 8.00. The first-order valence-electron chi connectivity index (χ1n) is 40.2. The normalized spacial score (nSPS) is 20.2. The Kier molecular flexibility index (Phi) is 34.2. The number of aliphatic carboxylic acids is 5. The third-order valence-electron chi connectivity index (χ3n) is 22.8. The maximum Gasteiger partial charge on any atom is 0.317 e. The van der Waals surface area contributed by atoms with Crippen LogP contribution >= 0.6 is 11.8 Å². The maximum absolute atomic E-state index is 14.5. The Labute approximate surface area is 693 Å². The standard InChI is InChI=1S/C83H113N11O21S3/c1-7-92-64-38-36-59(117(110,111)112)44-61(64)82(2,3)69(92)24-12-9-8-10-13-25-70-83(4,5)62-45-60(118(113,114)115)37-39-65(62)93(70)41-19-11-14-27-72(95)88-63(21-17-18-40-86-79(107)56-32-28-55(29-33-56)47-94-73(96)46-68(81(94)109)116-42-20-26-71(84)85-6)80(108)87-57-34-30-54(31-35-57)43-58(89(49-74(97)98)50-75(99)100)48-90(51-76(101)102)66-22-15-16-23-67(66)91(52-77(103)104)53-78(105)106/h8-10,12-13,24-25,30-31,34-39,44-45,55-56,58,63,66-68H,7,11,14-23,26-29,32-33,40-43,46-53H2,1-6H3,(H11-,84,85,86,87,88,95,97,98,99,100,101,102,103,104,105,106,107,108,110,111,112,113,114,115)/p+1/t55?,56?,58-,63+,66+,67+,68?/m1/s1. The number of allylic oxidation sites excluding steroid dienone is 8. The lowest BCUT2D eigenvalue weighted by molar-refractivity contribution is -0.433. The first kappa shape index (κ1) is 94.0. The number of thioether (sulfide) groups is 1. The maximum atomic E-state index is 14.5. The average Bonchev–Trinajstić information content (AvgIpc) is 1.59. The largest absolute Gasteiger partial charge is 0.480 e. The molecule has 32 nitrogen and oxygen atoms in total. The van der Waals surface area contributed by atoms with Crippen LogP contribution in [0.25, 0.3) is 0 Å². The van der Waals surface area contributed by atoms with Crippen LogP contribution in [0.3, 0.4) is 0 Å². The number of hydrogen-bond acceptors (Lipinski definition) is 20. The van der Waals surface area contributed by atoms with Crippen LogP contribution in [0.15, 0.2) is 119 Å². The predicted molar refractivity (Wildman–Crippen MR) is 445 cm³/mol. The van der Waals surface area contributed by atoms with Crippen LogP contribution in [0.4, 0.5) is 17.1 Å². The molecule has 8 rings (SSSR count). The number of carboxylic acid groups (broad SMARTS) is 5. The Balaban J connectivity index is 0.936. The number of amidine groups is 1. The number of fused-ring (bicyclic) bond motifs is 2. The first-order valence-corrected chi connectivity index (χ1v) is 44.1. The molecule has 3 heterocycles. The number of amides is 5. The van der Waals surface area contributed by atoms with Gasteiger partial charge < -0.3 is 51.7 Å². The molecule has 3 aromatic carbocycles. The molecule has 2 saturated carbocycles. The predicted octanol–water partition coefficient (Wildman–Crippen LogP) is 8.09. The number of carboxylic acids is 5. The summed E-state index contributed by atoms with van der Waals surface area (Å²) in [5, 5.41) is 69.0. The Hall–Kier alpha value is -9.49. The Bertz CT molecular complexity index is 4540. The number of carbonyl (C=O) groups excluding carboxylic acids is 5. The van der Waals surface area contributed by atoms with E-state index in [4.69, 9.17) is 5.41 Å². The number of benzene rings is 3. The summed E-state index contributed by atoms with van der Waals surface area (Å²) in [4.78, 5) is 137. The summed E-state index contributed by atoms with van der Waals surface area (Å²) in [7, 11) is -7.31. The highest BCUT2D eigenvalue weighted by atomic mass is 32.2. The summed E-state index contributed by atoms with van der Waals surface area (Å²) in [5.74, 6) is -7.35. The van der Waals surface area contributed by atoms with Crippen LogP contribution in [-0.4, -0.2) is 254 Å². The molecule has 0 radical (unpaired) electrons. The van der Waals surface area contributed by atoms with Crippen LogP contribution in [-0.2, 0) is 85.4 Å². The van der Waals surface area contributed by atoms with E-state index in [2.05, 4.69) is 30.7 Å². The zero-order valence-corrected chi connectivity index (χ0v) is 70.3. The number of rotatable bonds is 46. The van der Waals surface area contributed by atoms with Crippen molar-refractivity contribution in [2.75, 3.05) is 88.5 Å². The molecule has 3 aromatic rings. The molecule has 5 amide bonds. The number of nitrogens with zero attached hydrogens (tertiary/aromatic N) is 6. The molecule has 12 N–H and O–H groups in total.